The quantitative estimate of drug-likeness (QED) is 0.811. The molecule has 0 fully saturated rings. The Balaban J connectivity index is 2.17. The number of fused-ring (bicyclic) bond motifs is 1. The summed E-state index contributed by atoms with van der Waals surface area (Å²) in [5, 5.41) is 3.73. The maximum absolute atomic E-state index is 3.73. The lowest BCUT2D eigenvalue weighted by Crippen LogP contribution is -2.26. The predicted octanol–water partition coefficient (Wildman–Crippen LogP) is 4.65. The van der Waals surface area contributed by atoms with Crippen LogP contribution >= 0.6 is 0 Å². The summed E-state index contributed by atoms with van der Waals surface area (Å²) in [4.78, 5) is 0. The van der Waals surface area contributed by atoms with E-state index in [0.717, 1.165) is 6.54 Å². The Labute approximate surface area is 118 Å². The summed E-state index contributed by atoms with van der Waals surface area (Å²) in [5.74, 6) is 0. The first-order valence-electron chi connectivity index (χ1n) is 7.84. The summed E-state index contributed by atoms with van der Waals surface area (Å²) in [6, 6.07) is 7.68. The van der Waals surface area contributed by atoms with Crippen LogP contribution < -0.4 is 5.32 Å². The van der Waals surface area contributed by atoms with E-state index in [1.807, 2.05) is 0 Å². The standard InChI is InChI=1S/C18H29N/c1-5-11-19-17(13-18(2,3)4)16-10-9-14-7-6-8-15(14)12-16/h9-10,12,17,19H,5-8,11,13H2,1-4H3. The molecular weight excluding hydrogens is 230 g/mol. The van der Waals surface area contributed by atoms with Gasteiger partial charge in [-0.3, -0.25) is 0 Å². The molecule has 0 bridgehead atoms. The highest BCUT2D eigenvalue weighted by Gasteiger charge is 2.21. The fourth-order valence-electron chi connectivity index (χ4n) is 3.05. The molecule has 0 saturated carbocycles. The second kappa shape index (κ2) is 6.09. The van der Waals surface area contributed by atoms with E-state index < -0.39 is 0 Å². The summed E-state index contributed by atoms with van der Waals surface area (Å²) in [7, 11) is 0. The minimum atomic E-state index is 0.365. The van der Waals surface area contributed by atoms with Crippen molar-refractivity contribution in [1.29, 1.82) is 0 Å². The van der Waals surface area contributed by atoms with E-state index in [1.54, 1.807) is 11.1 Å². The predicted molar refractivity (Wildman–Crippen MR) is 83.6 cm³/mol. The van der Waals surface area contributed by atoms with Crippen LogP contribution in [0.25, 0.3) is 0 Å². The average molecular weight is 259 g/mol. The second-order valence-corrected chi connectivity index (χ2v) is 7.15. The molecule has 0 radical (unpaired) electrons. The molecule has 1 N–H and O–H groups in total. The topological polar surface area (TPSA) is 12.0 Å². The molecular formula is C18H29N. The first-order chi connectivity index (χ1) is 8.99. The lowest BCUT2D eigenvalue weighted by molar-refractivity contribution is 0.311. The highest BCUT2D eigenvalue weighted by molar-refractivity contribution is 5.36. The molecule has 1 aromatic rings. The van der Waals surface area contributed by atoms with Gasteiger partial charge in [-0.05, 0) is 60.8 Å². The Morgan fingerprint density at radius 1 is 1.16 bits per heavy atom. The molecule has 0 aliphatic heterocycles. The normalized spacial score (nSPS) is 16.4. The van der Waals surface area contributed by atoms with Gasteiger partial charge in [0.2, 0.25) is 0 Å². The summed E-state index contributed by atoms with van der Waals surface area (Å²) in [6.07, 6.45) is 6.30. The summed E-state index contributed by atoms with van der Waals surface area (Å²) >= 11 is 0. The molecule has 106 valence electrons. The number of hydrogen-bond donors (Lipinski definition) is 1. The van der Waals surface area contributed by atoms with Crippen molar-refractivity contribution in [3.05, 3.63) is 34.9 Å². The van der Waals surface area contributed by atoms with Crippen LogP contribution in [0.2, 0.25) is 0 Å². The van der Waals surface area contributed by atoms with Gasteiger partial charge in [0.25, 0.3) is 0 Å². The molecule has 0 amide bonds. The third-order valence-corrected chi connectivity index (χ3v) is 3.98. The molecule has 0 spiro atoms. The van der Waals surface area contributed by atoms with E-state index in [1.165, 1.54) is 37.7 Å². The van der Waals surface area contributed by atoms with Crippen LogP contribution in [0.4, 0.5) is 0 Å². The van der Waals surface area contributed by atoms with Crippen LogP contribution in [-0.4, -0.2) is 6.54 Å². The average Bonchev–Trinajstić information content (AvgIpc) is 2.80. The van der Waals surface area contributed by atoms with Crippen LogP contribution in [0.1, 0.15) is 69.7 Å². The first-order valence-corrected chi connectivity index (χ1v) is 7.84. The van der Waals surface area contributed by atoms with Gasteiger partial charge >= 0.3 is 0 Å². The van der Waals surface area contributed by atoms with Crippen LogP contribution in [-0.2, 0) is 12.8 Å². The van der Waals surface area contributed by atoms with Crippen molar-refractivity contribution in [3.63, 3.8) is 0 Å². The van der Waals surface area contributed by atoms with Crippen LogP contribution in [0.3, 0.4) is 0 Å². The fourth-order valence-corrected chi connectivity index (χ4v) is 3.05. The zero-order valence-corrected chi connectivity index (χ0v) is 13.1. The number of benzene rings is 1. The molecule has 0 saturated heterocycles. The van der Waals surface area contributed by atoms with Crippen molar-refractivity contribution in [1.82, 2.24) is 5.32 Å². The van der Waals surface area contributed by atoms with Gasteiger partial charge < -0.3 is 5.32 Å². The molecule has 1 atom stereocenters. The van der Waals surface area contributed by atoms with E-state index in [9.17, 15) is 0 Å². The van der Waals surface area contributed by atoms with Gasteiger partial charge in [0, 0.05) is 6.04 Å². The smallest absolute Gasteiger partial charge is 0.0325 e. The minimum absolute atomic E-state index is 0.365. The number of rotatable bonds is 5. The molecule has 0 heterocycles. The highest BCUT2D eigenvalue weighted by Crippen LogP contribution is 2.32. The van der Waals surface area contributed by atoms with Crippen molar-refractivity contribution >= 4 is 0 Å². The van der Waals surface area contributed by atoms with E-state index in [2.05, 4.69) is 51.2 Å². The Kier molecular flexibility index (Phi) is 4.67. The maximum atomic E-state index is 3.73. The van der Waals surface area contributed by atoms with Gasteiger partial charge in [-0.25, -0.2) is 0 Å². The van der Waals surface area contributed by atoms with Crippen molar-refractivity contribution in [3.8, 4) is 0 Å². The molecule has 0 aromatic heterocycles. The van der Waals surface area contributed by atoms with Crippen molar-refractivity contribution in [2.75, 3.05) is 6.54 Å². The van der Waals surface area contributed by atoms with E-state index in [4.69, 9.17) is 0 Å². The number of hydrogen-bond acceptors (Lipinski definition) is 1. The molecule has 1 aromatic carbocycles. The summed E-state index contributed by atoms with van der Waals surface area (Å²) < 4.78 is 0. The van der Waals surface area contributed by atoms with Crippen molar-refractivity contribution in [2.24, 2.45) is 5.41 Å². The highest BCUT2D eigenvalue weighted by atomic mass is 14.9. The van der Waals surface area contributed by atoms with E-state index in [-0.39, 0.29) is 0 Å². The number of aryl methyl sites for hydroxylation is 2. The molecule has 1 aliphatic carbocycles. The van der Waals surface area contributed by atoms with Gasteiger partial charge in [-0.1, -0.05) is 45.9 Å². The van der Waals surface area contributed by atoms with E-state index >= 15 is 0 Å². The van der Waals surface area contributed by atoms with Gasteiger partial charge in [-0.2, -0.15) is 0 Å². The van der Waals surface area contributed by atoms with Crippen molar-refractivity contribution < 1.29 is 0 Å². The lowest BCUT2D eigenvalue weighted by atomic mass is 9.85. The lowest BCUT2D eigenvalue weighted by Gasteiger charge is -2.27. The second-order valence-electron chi connectivity index (χ2n) is 7.15. The molecule has 1 unspecified atom stereocenters. The molecule has 1 heteroatoms. The van der Waals surface area contributed by atoms with Gasteiger partial charge in [-0.15, -0.1) is 0 Å². The molecule has 19 heavy (non-hydrogen) atoms. The van der Waals surface area contributed by atoms with Gasteiger partial charge in [0.15, 0.2) is 0 Å². The van der Waals surface area contributed by atoms with Crippen LogP contribution in [0.15, 0.2) is 18.2 Å². The molecule has 1 nitrogen and oxygen atoms in total. The summed E-state index contributed by atoms with van der Waals surface area (Å²) in [6.45, 7) is 10.4. The minimum Gasteiger partial charge on any atom is -0.310 e. The zero-order chi connectivity index (χ0) is 13.9. The monoisotopic (exact) mass is 259 g/mol. The third kappa shape index (κ3) is 4.07. The fraction of sp³-hybridized carbons (Fsp3) is 0.667. The maximum Gasteiger partial charge on any atom is 0.0325 e. The Morgan fingerprint density at radius 2 is 1.89 bits per heavy atom. The zero-order valence-electron chi connectivity index (χ0n) is 13.1. The molecule has 2 rings (SSSR count). The van der Waals surface area contributed by atoms with Gasteiger partial charge in [0.05, 0.1) is 0 Å². The Morgan fingerprint density at radius 3 is 2.58 bits per heavy atom. The number of nitrogens with one attached hydrogen (secondary N) is 1. The van der Waals surface area contributed by atoms with Gasteiger partial charge in [0.1, 0.15) is 0 Å². The Bertz CT molecular complexity index is 414. The van der Waals surface area contributed by atoms with Crippen LogP contribution in [0.5, 0.6) is 0 Å². The Hall–Kier alpha value is -0.820. The summed E-state index contributed by atoms with van der Waals surface area (Å²) in [5.41, 5.74) is 5.03. The van der Waals surface area contributed by atoms with E-state index in [0.29, 0.717) is 11.5 Å². The van der Waals surface area contributed by atoms with Crippen LogP contribution in [0, 0.1) is 5.41 Å². The first kappa shape index (κ1) is 14.6. The molecule has 1 aliphatic rings. The third-order valence-electron chi connectivity index (χ3n) is 3.98. The largest absolute Gasteiger partial charge is 0.310 e. The SMILES string of the molecule is CCCNC(CC(C)(C)C)c1ccc2c(c1)CCC2. The van der Waals surface area contributed by atoms with Crippen molar-refractivity contribution in [2.45, 2.75) is 65.8 Å².